The minimum Gasteiger partial charge on any atom is -0.384 e. The maximum Gasteiger partial charge on any atom is 0.147 e. The lowest BCUT2D eigenvalue weighted by molar-refractivity contribution is -0.116. The summed E-state index contributed by atoms with van der Waals surface area (Å²) in [5, 5.41) is 8.11. The Bertz CT molecular complexity index is 758. The van der Waals surface area contributed by atoms with E-state index in [-0.39, 0.29) is 11.0 Å². The lowest BCUT2D eigenvalue weighted by Crippen LogP contribution is -2.48. The van der Waals surface area contributed by atoms with Gasteiger partial charge in [0.05, 0.1) is 10.6 Å². The van der Waals surface area contributed by atoms with Crippen LogP contribution in [0.5, 0.6) is 0 Å². The summed E-state index contributed by atoms with van der Waals surface area (Å²) in [6, 6.07) is 1.89. The Hall–Kier alpha value is -1.07. The summed E-state index contributed by atoms with van der Waals surface area (Å²) in [5.41, 5.74) is 2.70. The Labute approximate surface area is 177 Å². The number of nitrogens with zero attached hydrogens (tertiary/aromatic N) is 1. The molecule has 0 amide bonds. The minimum atomic E-state index is 0.0928. The van der Waals surface area contributed by atoms with Gasteiger partial charge in [0.15, 0.2) is 0 Å². The van der Waals surface area contributed by atoms with Crippen LogP contribution < -0.4 is 10.6 Å². The van der Waals surface area contributed by atoms with Gasteiger partial charge in [-0.1, -0.05) is 48.2 Å². The second-order valence-electron chi connectivity index (χ2n) is 8.38. The average Bonchev–Trinajstić information content (AvgIpc) is 3.16. The van der Waals surface area contributed by atoms with Crippen molar-refractivity contribution >= 4 is 23.2 Å². The van der Waals surface area contributed by atoms with E-state index < -0.39 is 0 Å². The SMILES string of the molecule is Clc1cc(CNCC[C@@]2(C3=CC=CCN3)CCOC3(CCCC3)C2)cnc1Cl. The molecule has 3 aliphatic rings. The maximum absolute atomic E-state index is 6.34. The Morgan fingerprint density at radius 1 is 1.21 bits per heavy atom. The van der Waals surface area contributed by atoms with Crippen molar-refractivity contribution in [1.29, 1.82) is 0 Å². The first-order valence-electron chi connectivity index (χ1n) is 10.4. The van der Waals surface area contributed by atoms with Crippen LogP contribution in [0.3, 0.4) is 0 Å². The molecule has 0 radical (unpaired) electrons. The van der Waals surface area contributed by atoms with Crippen molar-refractivity contribution in [2.45, 2.75) is 57.1 Å². The zero-order valence-corrected chi connectivity index (χ0v) is 17.8. The Kier molecular flexibility index (Phi) is 6.31. The number of ether oxygens (including phenoxy) is 1. The van der Waals surface area contributed by atoms with Gasteiger partial charge < -0.3 is 15.4 Å². The van der Waals surface area contributed by atoms with Crippen LogP contribution in [0.15, 0.2) is 36.2 Å². The second-order valence-corrected chi connectivity index (χ2v) is 9.14. The average molecular weight is 422 g/mol. The highest BCUT2D eigenvalue weighted by molar-refractivity contribution is 6.41. The van der Waals surface area contributed by atoms with E-state index in [1.165, 1.54) is 31.4 Å². The number of aromatic nitrogens is 1. The van der Waals surface area contributed by atoms with Crippen LogP contribution >= 0.6 is 23.2 Å². The number of pyridine rings is 1. The van der Waals surface area contributed by atoms with Crippen molar-refractivity contribution in [2.24, 2.45) is 5.41 Å². The Morgan fingerprint density at radius 2 is 2.07 bits per heavy atom. The molecule has 1 aromatic rings. The van der Waals surface area contributed by atoms with E-state index in [1.54, 1.807) is 6.20 Å². The Balaban J connectivity index is 1.43. The molecule has 4 rings (SSSR count). The second kappa shape index (κ2) is 8.74. The van der Waals surface area contributed by atoms with E-state index >= 15 is 0 Å². The topological polar surface area (TPSA) is 46.2 Å². The fourth-order valence-corrected chi connectivity index (χ4v) is 5.37. The standard InChI is InChI=1S/C22H29Cl2N3O/c23-18-13-17(15-27-20(18)24)14-25-11-8-21(19-5-1-4-10-26-19)9-12-28-22(16-21)6-2-3-7-22/h1,4-5,13,15,25-26H,2-3,6-12,14,16H2/t21-/m1/s1. The van der Waals surface area contributed by atoms with Crippen molar-refractivity contribution in [3.05, 3.63) is 51.9 Å². The first-order chi connectivity index (χ1) is 13.6. The van der Waals surface area contributed by atoms with E-state index in [4.69, 9.17) is 27.9 Å². The van der Waals surface area contributed by atoms with Crippen molar-refractivity contribution in [3.63, 3.8) is 0 Å². The molecule has 28 heavy (non-hydrogen) atoms. The van der Waals surface area contributed by atoms with Gasteiger partial charge in [0.25, 0.3) is 0 Å². The normalized spacial score (nSPS) is 26.3. The van der Waals surface area contributed by atoms with Crippen LogP contribution in [0.4, 0.5) is 0 Å². The summed E-state index contributed by atoms with van der Waals surface area (Å²) in [4.78, 5) is 4.13. The number of halogens is 2. The molecular weight excluding hydrogens is 393 g/mol. The summed E-state index contributed by atoms with van der Waals surface area (Å²) < 4.78 is 6.34. The van der Waals surface area contributed by atoms with Crippen LogP contribution in [0.25, 0.3) is 0 Å². The third-order valence-corrected chi connectivity index (χ3v) is 7.19. The molecule has 1 aliphatic carbocycles. The van der Waals surface area contributed by atoms with E-state index in [9.17, 15) is 0 Å². The molecule has 2 fully saturated rings. The first kappa shape index (κ1) is 20.2. The summed E-state index contributed by atoms with van der Waals surface area (Å²) >= 11 is 12.0. The molecule has 1 atom stereocenters. The van der Waals surface area contributed by atoms with Crippen LogP contribution in [0.1, 0.15) is 50.5 Å². The lowest BCUT2D eigenvalue weighted by Gasteiger charge is -2.48. The predicted molar refractivity (Wildman–Crippen MR) is 115 cm³/mol. The van der Waals surface area contributed by atoms with E-state index in [1.807, 2.05) is 6.07 Å². The van der Waals surface area contributed by atoms with Gasteiger partial charge in [-0.15, -0.1) is 0 Å². The number of hydrogen-bond acceptors (Lipinski definition) is 4. The zero-order valence-electron chi connectivity index (χ0n) is 16.3. The van der Waals surface area contributed by atoms with Crippen molar-refractivity contribution in [1.82, 2.24) is 15.6 Å². The van der Waals surface area contributed by atoms with E-state index in [2.05, 4.69) is 33.8 Å². The number of nitrogens with one attached hydrogen (secondary N) is 2. The van der Waals surface area contributed by atoms with Gasteiger partial charge in [-0.25, -0.2) is 4.98 Å². The molecule has 1 spiro atoms. The fourth-order valence-electron chi connectivity index (χ4n) is 5.08. The molecule has 2 N–H and O–H groups in total. The zero-order chi connectivity index (χ0) is 19.5. The molecule has 6 heteroatoms. The van der Waals surface area contributed by atoms with Gasteiger partial charge in [0.2, 0.25) is 0 Å². The quantitative estimate of drug-likeness (QED) is 0.499. The van der Waals surface area contributed by atoms with Gasteiger partial charge in [-0.3, -0.25) is 0 Å². The molecular formula is C22H29Cl2N3O. The monoisotopic (exact) mass is 421 g/mol. The van der Waals surface area contributed by atoms with E-state index in [0.29, 0.717) is 10.2 Å². The summed E-state index contributed by atoms with van der Waals surface area (Å²) in [6.45, 7) is 3.47. The van der Waals surface area contributed by atoms with Gasteiger partial charge >= 0.3 is 0 Å². The minimum absolute atomic E-state index is 0.0928. The van der Waals surface area contributed by atoms with Crippen LogP contribution in [-0.2, 0) is 11.3 Å². The molecule has 1 saturated carbocycles. The highest BCUT2D eigenvalue weighted by Gasteiger charge is 2.48. The Morgan fingerprint density at radius 3 is 2.82 bits per heavy atom. The number of allylic oxidation sites excluding steroid dienone is 3. The van der Waals surface area contributed by atoms with Crippen molar-refractivity contribution in [2.75, 3.05) is 19.7 Å². The molecule has 2 aliphatic heterocycles. The van der Waals surface area contributed by atoms with E-state index in [0.717, 1.165) is 51.1 Å². The highest BCUT2D eigenvalue weighted by Crippen LogP contribution is 2.51. The van der Waals surface area contributed by atoms with Gasteiger partial charge in [0.1, 0.15) is 5.15 Å². The number of dihydropyridines is 1. The summed E-state index contributed by atoms with van der Waals surface area (Å²) in [7, 11) is 0. The lowest BCUT2D eigenvalue weighted by atomic mass is 9.67. The van der Waals surface area contributed by atoms with Crippen molar-refractivity contribution < 1.29 is 4.74 Å². The third-order valence-electron chi connectivity index (χ3n) is 6.51. The molecule has 0 unspecified atom stereocenters. The first-order valence-corrected chi connectivity index (χ1v) is 11.1. The van der Waals surface area contributed by atoms with Gasteiger partial charge in [-0.2, -0.15) is 0 Å². The molecule has 1 saturated heterocycles. The van der Waals surface area contributed by atoms with Crippen LogP contribution in [0, 0.1) is 5.41 Å². The smallest absolute Gasteiger partial charge is 0.147 e. The van der Waals surface area contributed by atoms with Crippen molar-refractivity contribution in [3.8, 4) is 0 Å². The molecule has 1 aromatic heterocycles. The number of rotatable bonds is 6. The molecule has 0 aromatic carbocycles. The third kappa shape index (κ3) is 4.40. The van der Waals surface area contributed by atoms with Crippen LogP contribution in [0.2, 0.25) is 10.2 Å². The largest absolute Gasteiger partial charge is 0.384 e. The molecule has 3 heterocycles. The van der Waals surface area contributed by atoms with Crippen LogP contribution in [-0.4, -0.2) is 30.3 Å². The molecule has 0 bridgehead atoms. The predicted octanol–water partition coefficient (Wildman–Crippen LogP) is 5.02. The molecule has 4 nitrogen and oxygen atoms in total. The van der Waals surface area contributed by atoms with Gasteiger partial charge in [0, 0.05) is 37.0 Å². The summed E-state index contributed by atoms with van der Waals surface area (Å²) in [6.07, 6.45) is 16.8. The maximum atomic E-state index is 6.34. The molecule has 152 valence electrons. The summed E-state index contributed by atoms with van der Waals surface area (Å²) in [5.74, 6) is 0. The fraction of sp³-hybridized carbons (Fsp3) is 0.591. The number of hydrogen-bond donors (Lipinski definition) is 2. The van der Waals surface area contributed by atoms with Gasteiger partial charge in [-0.05, 0) is 56.4 Å². The highest BCUT2D eigenvalue weighted by atomic mass is 35.5.